The summed E-state index contributed by atoms with van der Waals surface area (Å²) in [5.74, 6) is 0.335. The number of ether oxygens (including phenoxy) is 2. The highest BCUT2D eigenvalue weighted by Gasteiger charge is 2.14. The van der Waals surface area contributed by atoms with Crippen molar-refractivity contribution in [2.45, 2.75) is 84.7 Å². The molecule has 0 fully saturated rings. The number of hydrogen-bond donors (Lipinski definition) is 1. The van der Waals surface area contributed by atoms with Crippen molar-refractivity contribution in [2.75, 3.05) is 13.7 Å². The molecule has 0 saturated heterocycles. The lowest BCUT2D eigenvalue weighted by atomic mass is 10.1. The van der Waals surface area contributed by atoms with E-state index in [1.165, 1.54) is 44.8 Å². The molecule has 0 aromatic heterocycles. The fourth-order valence-electron chi connectivity index (χ4n) is 2.22. The highest BCUT2D eigenvalue weighted by molar-refractivity contribution is 5.74. The predicted octanol–water partition coefficient (Wildman–Crippen LogP) is 5.31. The minimum absolute atomic E-state index is 0.419. The number of carbonyl (C=O) groups excluding carboxylic acids is 1. The van der Waals surface area contributed by atoms with Crippen molar-refractivity contribution >= 4 is 5.97 Å². The monoisotopic (exact) mass is 366 g/mol. The van der Waals surface area contributed by atoms with E-state index in [0.29, 0.717) is 6.42 Å². The summed E-state index contributed by atoms with van der Waals surface area (Å²) in [6.45, 7) is 7.33. The molecule has 150 valence electrons. The highest BCUT2D eigenvalue weighted by Crippen LogP contribution is 2.15. The Hall–Kier alpha value is -1.55. The summed E-state index contributed by atoms with van der Waals surface area (Å²) >= 11 is 0. The van der Waals surface area contributed by atoms with Crippen LogP contribution in [0.2, 0.25) is 0 Å². The Morgan fingerprint density at radius 1 is 0.962 bits per heavy atom. The fourth-order valence-corrected chi connectivity index (χ4v) is 2.22. The summed E-state index contributed by atoms with van der Waals surface area (Å²) in [5.41, 5.74) is 1.18. The standard InChI is InChI=1S/C18H28O4.C4H10/c1-3-4-5-6-14-22-16-12-10-15(11-13-16)8-7-9-17(19)18(20)21-2;1-3-4-2/h10-13,17,19H,3-9,14H2,1-2H3;3-4H2,1-2H3. The van der Waals surface area contributed by atoms with Crippen LogP contribution in [0.25, 0.3) is 0 Å². The first-order chi connectivity index (χ1) is 12.6. The number of hydrogen-bond acceptors (Lipinski definition) is 4. The van der Waals surface area contributed by atoms with Crippen molar-refractivity contribution in [3.8, 4) is 5.75 Å². The molecule has 1 aromatic rings. The molecule has 1 aromatic carbocycles. The van der Waals surface area contributed by atoms with E-state index in [1.54, 1.807) is 0 Å². The average molecular weight is 367 g/mol. The van der Waals surface area contributed by atoms with E-state index < -0.39 is 12.1 Å². The van der Waals surface area contributed by atoms with Gasteiger partial charge in [-0.2, -0.15) is 0 Å². The van der Waals surface area contributed by atoms with Gasteiger partial charge in [-0.15, -0.1) is 0 Å². The molecule has 0 aliphatic rings. The summed E-state index contributed by atoms with van der Waals surface area (Å²) < 4.78 is 10.2. The zero-order chi connectivity index (χ0) is 19.6. The van der Waals surface area contributed by atoms with Crippen molar-refractivity contribution in [1.82, 2.24) is 0 Å². The highest BCUT2D eigenvalue weighted by atomic mass is 16.5. The number of aliphatic hydroxyl groups is 1. The SMILES string of the molecule is CCCC.CCCCCCOc1ccc(CCCC(O)C(=O)OC)cc1. The Kier molecular flexibility index (Phi) is 15.9. The number of aryl methyl sites for hydroxylation is 1. The third-order valence-corrected chi connectivity index (χ3v) is 4.11. The van der Waals surface area contributed by atoms with Crippen LogP contribution in [0.15, 0.2) is 24.3 Å². The first kappa shape index (κ1) is 24.5. The maximum Gasteiger partial charge on any atom is 0.334 e. The second-order valence-corrected chi connectivity index (χ2v) is 6.48. The molecule has 4 heteroatoms. The molecule has 4 nitrogen and oxygen atoms in total. The lowest BCUT2D eigenvalue weighted by molar-refractivity contribution is -0.150. The number of carbonyl (C=O) groups is 1. The second-order valence-electron chi connectivity index (χ2n) is 6.48. The third kappa shape index (κ3) is 12.8. The van der Waals surface area contributed by atoms with Gasteiger partial charge in [0.25, 0.3) is 0 Å². The van der Waals surface area contributed by atoms with Gasteiger partial charge >= 0.3 is 5.97 Å². The molecule has 1 rings (SSSR count). The molecule has 0 aliphatic heterocycles. The van der Waals surface area contributed by atoms with Crippen LogP contribution in [0, 0.1) is 0 Å². The maximum atomic E-state index is 11.1. The molecule has 0 radical (unpaired) electrons. The van der Waals surface area contributed by atoms with Gasteiger partial charge in [-0.25, -0.2) is 4.79 Å². The predicted molar refractivity (Wildman–Crippen MR) is 108 cm³/mol. The normalized spacial score (nSPS) is 11.3. The Bertz CT molecular complexity index is 440. The van der Waals surface area contributed by atoms with Gasteiger partial charge in [0.1, 0.15) is 5.75 Å². The zero-order valence-electron chi connectivity index (χ0n) is 17.1. The molecular weight excluding hydrogens is 328 g/mol. The topological polar surface area (TPSA) is 55.8 Å². The second kappa shape index (κ2) is 16.9. The fraction of sp³-hybridized carbons (Fsp3) is 0.682. The number of esters is 1. The molecule has 1 atom stereocenters. The summed E-state index contributed by atoms with van der Waals surface area (Å²) in [5, 5.41) is 9.50. The Labute approximate surface area is 159 Å². The smallest absolute Gasteiger partial charge is 0.334 e. The number of methoxy groups -OCH3 is 1. The van der Waals surface area contributed by atoms with Gasteiger partial charge < -0.3 is 14.6 Å². The van der Waals surface area contributed by atoms with Crippen LogP contribution in [0.4, 0.5) is 0 Å². The van der Waals surface area contributed by atoms with Crippen molar-refractivity contribution in [1.29, 1.82) is 0 Å². The number of unbranched alkanes of at least 4 members (excludes halogenated alkanes) is 4. The Morgan fingerprint density at radius 3 is 2.15 bits per heavy atom. The summed E-state index contributed by atoms with van der Waals surface area (Å²) in [7, 11) is 1.28. The van der Waals surface area contributed by atoms with Crippen molar-refractivity contribution < 1.29 is 19.4 Å². The van der Waals surface area contributed by atoms with Crippen molar-refractivity contribution in [3.05, 3.63) is 29.8 Å². The van der Waals surface area contributed by atoms with Crippen LogP contribution in [0.1, 0.15) is 77.7 Å². The number of benzene rings is 1. The van der Waals surface area contributed by atoms with Crippen molar-refractivity contribution in [3.63, 3.8) is 0 Å². The summed E-state index contributed by atoms with van der Waals surface area (Å²) in [6, 6.07) is 8.02. The molecule has 26 heavy (non-hydrogen) atoms. The molecular formula is C22H38O4. The van der Waals surface area contributed by atoms with E-state index >= 15 is 0 Å². The molecule has 0 bridgehead atoms. The van der Waals surface area contributed by atoms with Gasteiger partial charge in [-0.05, 0) is 43.4 Å². The van der Waals surface area contributed by atoms with Crippen LogP contribution in [-0.2, 0) is 16.0 Å². The lowest BCUT2D eigenvalue weighted by Gasteiger charge is -2.09. The lowest BCUT2D eigenvalue weighted by Crippen LogP contribution is -2.21. The molecule has 0 spiro atoms. The van der Waals surface area contributed by atoms with Crippen LogP contribution in [-0.4, -0.2) is 30.9 Å². The molecule has 0 heterocycles. The van der Waals surface area contributed by atoms with Gasteiger partial charge in [-0.3, -0.25) is 0 Å². The zero-order valence-corrected chi connectivity index (χ0v) is 17.1. The van der Waals surface area contributed by atoms with E-state index in [-0.39, 0.29) is 0 Å². The van der Waals surface area contributed by atoms with Crippen LogP contribution >= 0.6 is 0 Å². The summed E-state index contributed by atoms with van der Waals surface area (Å²) in [4.78, 5) is 11.1. The average Bonchev–Trinajstić information content (AvgIpc) is 2.68. The molecule has 1 unspecified atom stereocenters. The third-order valence-electron chi connectivity index (χ3n) is 4.11. The van der Waals surface area contributed by atoms with Crippen LogP contribution in [0.3, 0.4) is 0 Å². The first-order valence-corrected chi connectivity index (χ1v) is 10.1. The van der Waals surface area contributed by atoms with Crippen molar-refractivity contribution in [2.24, 2.45) is 0 Å². The van der Waals surface area contributed by atoms with Gasteiger partial charge in [0.05, 0.1) is 13.7 Å². The minimum Gasteiger partial charge on any atom is -0.494 e. The van der Waals surface area contributed by atoms with Gasteiger partial charge in [0.15, 0.2) is 6.10 Å². The Morgan fingerprint density at radius 2 is 1.62 bits per heavy atom. The molecule has 0 saturated carbocycles. The number of rotatable bonds is 12. The van der Waals surface area contributed by atoms with Gasteiger partial charge in [-0.1, -0.05) is 65.0 Å². The van der Waals surface area contributed by atoms with E-state index in [1.807, 2.05) is 24.3 Å². The van der Waals surface area contributed by atoms with Gasteiger partial charge in [0, 0.05) is 0 Å². The first-order valence-electron chi connectivity index (χ1n) is 10.1. The maximum absolute atomic E-state index is 11.1. The molecule has 0 amide bonds. The summed E-state index contributed by atoms with van der Waals surface area (Å²) in [6.07, 6.45) is 8.42. The Balaban J connectivity index is 0.00000141. The van der Waals surface area contributed by atoms with E-state index in [4.69, 9.17) is 4.74 Å². The number of aliphatic hydroxyl groups excluding tert-OH is 1. The van der Waals surface area contributed by atoms with Crippen LogP contribution in [0.5, 0.6) is 5.75 Å². The van der Waals surface area contributed by atoms with E-state index in [2.05, 4.69) is 25.5 Å². The quantitative estimate of drug-likeness (QED) is 0.402. The van der Waals surface area contributed by atoms with E-state index in [9.17, 15) is 9.90 Å². The minimum atomic E-state index is -1.02. The molecule has 0 aliphatic carbocycles. The molecule has 1 N–H and O–H groups in total. The van der Waals surface area contributed by atoms with Crippen LogP contribution < -0.4 is 4.74 Å². The van der Waals surface area contributed by atoms with Gasteiger partial charge in [0.2, 0.25) is 0 Å². The van der Waals surface area contributed by atoms with E-state index in [0.717, 1.165) is 31.6 Å². The largest absolute Gasteiger partial charge is 0.494 e.